The van der Waals surface area contributed by atoms with Crippen LogP contribution in [0.2, 0.25) is 0 Å². The van der Waals surface area contributed by atoms with Gasteiger partial charge in [-0.15, -0.1) is 0 Å². The Morgan fingerprint density at radius 3 is 1.00 bits per heavy atom. The van der Waals surface area contributed by atoms with Crippen molar-refractivity contribution >= 4 is 11.9 Å². The molecule has 54 heavy (non-hydrogen) atoms. The van der Waals surface area contributed by atoms with Crippen LogP contribution in [0.5, 0.6) is 34.5 Å². The van der Waals surface area contributed by atoms with Crippen LogP contribution in [0.1, 0.15) is 84.9 Å². The molecule has 0 aromatic heterocycles. The molecule has 2 atom stereocenters. The highest BCUT2D eigenvalue weighted by atomic mass is 16.6. The first-order chi connectivity index (χ1) is 26.6. The number of ether oxygens (including phenoxy) is 8. The number of hydrogen-bond donors (Lipinski definition) is 0. The van der Waals surface area contributed by atoms with E-state index in [0.717, 1.165) is 100 Å². The maximum Gasteiger partial charge on any atom is 0.343 e. The minimum absolute atomic E-state index is 0.424. The first kappa shape index (κ1) is 38.7. The van der Waals surface area contributed by atoms with Gasteiger partial charge in [0.05, 0.1) is 63.0 Å². The molecule has 2 heterocycles. The number of esters is 2. The van der Waals surface area contributed by atoms with Crippen molar-refractivity contribution in [3.8, 4) is 34.5 Å². The molecule has 6 rings (SSSR count). The summed E-state index contributed by atoms with van der Waals surface area (Å²) in [6, 6.07) is 28.1. The van der Waals surface area contributed by atoms with Gasteiger partial charge in [0.25, 0.3) is 0 Å². The van der Waals surface area contributed by atoms with Crippen molar-refractivity contribution in [1.82, 2.24) is 0 Å². The molecule has 0 bridgehead atoms. The number of hydrogen-bond acceptors (Lipinski definition) is 10. The molecular weight excluding hydrogens is 688 g/mol. The van der Waals surface area contributed by atoms with Crippen LogP contribution in [-0.2, 0) is 9.47 Å². The van der Waals surface area contributed by atoms with E-state index in [-0.39, 0.29) is 0 Å². The standard InChI is InChI=1S/C44H50O10/c45-43(33-11-15-35(16-12-33)49-29-7-3-9-41-31-51-41)53-39-23-19-37(20-24-39)47-27-5-1-2-6-28-48-38-21-25-40(26-22-38)54-44(46)34-13-17-36(18-14-34)50-30-8-4-10-42-32-52-42/h11-26,41-42H,1-10,27-32H2. The molecule has 0 saturated carbocycles. The zero-order valence-electron chi connectivity index (χ0n) is 30.8. The fraction of sp³-hybridized carbons (Fsp3) is 0.409. The molecule has 10 heteroatoms. The summed E-state index contributed by atoms with van der Waals surface area (Å²) in [5.74, 6) is 2.98. The lowest BCUT2D eigenvalue weighted by molar-refractivity contribution is 0.0725. The fourth-order valence-electron chi connectivity index (χ4n) is 5.65. The van der Waals surface area contributed by atoms with Crippen molar-refractivity contribution in [2.45, 2.75) is 76.4 Å². The third kappa shape index (κ3) is 14.1. The summed E-state index contributed by atoms with van der Waals surface area (Å²) >= 11 is 0. The molecule has 4 aromatic rings. The quantitative estimate of drug-likeness (QED) is 0.0282. The van der Waals surface area contributed by atoms with Crippen molar-refractivity contribution in [3.63, 3.8) is 0 Å². The first-order valence-electron chi connectivity index (χ1n) is 19.2. The van der Waals surface area contributed by atoms with Crippen molar-refractivity contribution < 1.29 is 47.5 Å². The second kappa shape index (κ2) is 21.0. The van der Waals surface area contributed by atoms with Gasteiger partial charge in [-0.3, -0.25) is 0 Å². The van der Waals surface area contributed by atoms with E-state index in [2.05, 4.69) is 0 Å². The summed E-state index contributed by atoms with van der Waals surface area (Å²) in [5, 5.41) is 0. The van der Waals surface area contributed by atoms with Gasteiger partial charge < -0.3 is 37.9 Å². The second-order valence-corrected chi connectivity index (χ2v) is 13.5. The Labute approximate surface area is 317 Å². The van der Waals surface area contributed by atoms with Crippen LogP contribution in [0.4, 0.5) is 0 Å². The number of carbonyl (C=O) groups is 2. The van der Waals surface area contributed by atoms with E-state index in [1.54, 1.807) is 97.1 Å². The lowest BCUT2D eigenvalue weighted by atomic mass is 10.2. The summed E-state index contributed by atoms with van der Waals surface area (Å²) in [5.41, 5.74) is 0.918. The predicted octanol–water partition coefficient (Wildman–Crippen LogP) is 9.04. The van der Waals surface area contributed by atoms with Crippen LogP contribution in [0, 0.1) is 0 Å². The van der Waals surface area contributed by atoms with Crippen molar-refractivity contribution in [1.29, 1.82) is 0 Å². The molecule has 0 spiro atoms. The summed E-state index contributed by atoms with van der Waals surface area (Å²) < 4.78 is 44.8. The molecule has 2 aliphatic heterocycles. The normalized spacial score (nSPS) is 15.6. The third-order valence-corrected chi connectivity index (χ3v) is 9.01. The van der Waals surface area contributed by atoms with E-state index in [4.69, 9.17) is 37.9 Å². The highest BCUT2D eigenvalue weighted by Crippen LogP contribution is 2.23. The van der Waals surface area contributed by atoms with Crippen LogP contribution in [0.25, 0.3) is 0 Å². The number of rotatable bonds is 25. The predicted molar refractivity (Wildman–Crippen MR) is 203 cm³/mol. The van der Waals surface area contributed by atoms with Crippen LogP contribution in [0.3, 0.4) is 0 Å². The SMILES string of the molecule is O=C(Oc1ccc(OCCCCCCOc2ccc(OC(=O)c3ccc(OCCCCC4CO4)cc3)cc2)cc1)c1ccc(OCCCCC2CO2)cc1. The van der Waals surface area contributed by atoms with Gasteiger partial charge in [-0.2, -0.15) is 0 Å². The van der Waals surface area contributed by atoms with Gasteiger partial charge in [-0.1, -0.05) is 0 Å². The Balaban J connectivity index is 0.774. The van der Waals surface area contributed by atoms with E-state index in [9.17, 15) is 9.59 Å². The highest BCUT2D eigenvalue weighted by Gasteiger charge is 2.21. The zero-order valence-corrected chi connectivity index (χ0v) is 30.8. The maximum absolute atomic E-state index is 12.6. The topological polar surface area (TPSA) is 115 Å². The van der Waals surface area contributed by atoms with Crippen molar-refractivity contribution in [2.75, 3.05) is 39.6 Å². The van der Waals surface area contributed by atoms with Gasteiger partial charge in [0, 0.05) is 0 Å². The molecule has 2 aliphatic rings. The van der Waals surface area contributed by atoms with Crippen molar-refractivity contribution in [3.05, 3.63) is 108 Å². The van der Waals surface area contributed by atoms with Gasteiger partial charge in [-0.05, 0) is 161 Å². The number of benzene rings is 4. The van der Waals surface area contributed by atoms with E-state index < -0.39 is 11.9 Å². The van der Waals surface area contributed by atoms with E-state index in [1.165, 1.54) is 0 Å². The average Bonchev–Trinajstić information content (AvgIpc) is 4.15. The molecule has 10 nitrogen and oxygen atoms in total. The smallest absolute Gasteiger partial charge is 0.343 e. The van der Waals surface area contributed by atoms with Crippen molar-refractivity contribution in [2.24, 2.45) is 0 Å². The zero-order chi connectivity index (χ0) is 37.2. The number of unbranched alkanes of at least 4 members (excludes halogenated alkanes) is 5. The van der Waals surface area contributed by atoms with Gasteiger partial charge in [-0.25, -0.2) is 9.59 Å². The maximum atomic E-state index is 12.6. The van der Waals surface area contributed by atoms with Crippen LogP contribution in [0.15, 0.2) is 97.1 Å². The summed E-state index contributed by atoms with van der Waals surface area (Å²) in [7, 11) is 0. The molecule has 2 saturated heterocycles. The Morgan fingerprint density at radius 1 is 0.407 bits per heavy atom. The van der Waals surface area contributed by atoms with Gasteiger partial charge in [0.1, 0.15) is 34.5 Å². The second-order valence-electron chi connectivity index (χ2n) is 13.5. The van der Waals surface area contributed by atoms with Gasteiger partial charge in [0.2, 0.25) is 0 Å². The van der Waals surface area contributed by atoms with Crippen LogP contribution in [-0.4, -0.2) is 63.8 Å². The monoisotopic (exact) mass is 738 g/mol. The summed E-state index contributed by atoms with van der Waals surface area (Å²) in [6.45, 7) is 4.27. The Morgan fingerprint density at radius 2 is 0.685 bits per heavy atom. The third-order valence-electron chi connectivity index (χ3n) is 9.01. The highest BCUT2D eigenvalue weighted by molar-refractivity contribution is 5.91. The fourth-order valence-corrected chi connectivity index (χ4v) is 5.65. The Kier molecular flexibility index (Phi) is 15.0. The molecule has 0 aliphatic carbocycles. The summed E-state index contributed by atoms with van der Waals surface area (Å²) in [6.07, 6.45) is 11.1. The average molecular weight is 739 g/mol. The molecule has 286 valence electrons. The largest absolute Gasteiger partial charge is 0.494 e. The molecule has 2 unspecified atom stereocenters. The summed E-state index contributed by atoms with van der Waals surface area (Å²) in [4.78, 5) is 25.2. The Bertz CT molecular complexity index is 1570. The molecule has 0 amide bonds. The van der Waals surface area contributed by atoms with Gasteiger partial charge in [0.15, 0.2) is 0 Å². The van der Waals surface area contributed by atoms with Crippen LogP contribution < -0.4 is 28.4 Å². The first-order valence-corrected chi connectivity index (χ1v) is 19.2. The van der Waals surface area contributed by atoms with E-state index in [0.29, 0.717) is 61.3 Å². The minimum Gasteiger partial charge on any atom is -0.494 e. The lowest BCUT2D eigenvalue weighted by Gasteiger charge is -2.10. The van der Waals surface area contributed by atoms with E-state index >= 15 is 0 Å². The van der Waals surface area contributed by atoms with Crippen LogP contribution >= 0.6 is 0 Å². The molecule has 4 aromatic carbocycles. The molecule has 2 fully saturated rings. The lowest BCUT2D eigenvalue weighted by Crippen LogP contribution is -2.08. The molecule has 0 N–H and O–H groups in total. The Hall–Kier alpha value is -5.06. The molecule has 0 radical (unpaired) electrons. The number of carbonyl (C=O) groups excluding carboxylic acids is 2. The van der Waals surface area contributed by atoms with E-state index in [1.807, 2.05) is 0 Å². The minimum atomic E-state index is -0.424. The number of epoxide rings is 2. The molecular formula is C44H50O10. The van der Waals surface area contributed by atoms with Gasteiger partial charge >= 0.3 is 11.9 Å².